The number of aromatic nitrogens is 3. The predicted octanol–water partition coefficient (Wildman–Crippen LogP) is 4.86. The fourth-order valence-corrected chi connectivity index (χ4v) is 5.32. The van der Waals surface area contributed by atoms with E-state index in [0.717, 1.165) is 64.9 Å². The Kier molecular flexibility index (Phi) is 6.70. The van der Waals surface area contributed by atoms with E-state index in [2.05, 4.69) is 68.7 Å². The molecule has 7 heteroatoms. The van der Waals surface area contributed by atoms with Crippen molar-refractivity contribution in [3.05, 3.63) is 114 Å². The largest absolute Gasteiger partial charge is 0.347 e. The van der Waals surface area contributed by atoms with Crippen molar-refractivity contribution in [1.82, 2.24) is 23.9 Å². The molecule has 39 heavy (non-hydrogen) atoms. The van der Waals surface area contributed by atoms with Gasteiger partial charge in [0.25, 0.3) is 5.91 Å². The average molecular weight is 515 g/mol. The van der Waals surface area contributed by atoms with E-state index in [9.17, 15) is 4.79 Å². The summed E-state index contributed by atoms with van der Waals surface area (Å²) >= 11 is 0. The lowest BCUT2D eigenvalue weighted by Crippen LogP contribution is -2.47. The topological polar surface area (TPSA) is 70.1 Å². The van der Waals surface area contributed by atoms with Crippen molar-refractivity contribution in [2.24, 2.45) is 0 Å². The fourth-order valence-electron chi connectivity index (χ4n) is 5.32. The lowest BCUT2D eigenvalue weighted by Gasteiger charge is -2.32. The summed E-state index contributed by atoms with van der Waals surface area (Å²) < 4.78 is 4.22. The number of benzene rings is 3. The molecule has 7 nitrogen and oxygen atoms in total. The first-order valence-corrected chi connectivity index (χ1v) is 13.2. The van der Waals surface area contributed by atoms with Gasteiger partial charge >= 0.3 is 0 Å². The Hall–Kier alpha value is -4.67. The van der Waals surface area contributed by atoms with E-state index in [4.69, 9.17) is 5.26 Å². The second-order valence-corrected chi connectivity index (χ2v) is 10.2. The Morgan fingerprint density at radius 3 is 2.46 bits per heavy atom. The fraction of sp³-hybridized carbons (Fsp3) is 0.219. The molecule has 1 amide bonds. The Morgan fingerprint density at radius 2 is 1.67 bits per heavy atom. The number of hydrogen-bond acceptors (Lipinski definition) is 4. The second kappa shape index (κ2) is 10.6. The molecular weight excluding hydrogens is 484 g/mol. The third-order valence-electron chi connectivity index (χ3n) is 7.56. The number of nitrogens with zero attached hydrogens (tertiary/aromatic N) is 6. The van der Waals surface area contributed by atoms with Crippen LogP contribution in [-0.2, 0) is 13.1 Å². The summed E-state index contributed by atoms with van der Waals surface area (Å²) in [5, 5.41) is 11.4. The quantitative estimate of drug-likeness (QED) is 0.325. The van der Waals surface area contributed by atoms with Gasteiger partial charge in [-0.25, -0.2) is 4.98 Å². The molecule has 194 valence electrons. The molecule has 1 saturated heterocycles. The highest BCUT2D eigenvalue weighted by Gasteiger charge is 2.25. The van der Waals surface area contributed by atoms with Crippen LogP contribution in [0.4, 0.5) is 0 Å². The molecule has 5 aromatic rings. The standard InChI is InChI=1S/C32H30N6O/c1-35-13-15-37(16-14-35)32(39)31-22-36(21-30(31)29-8-4-6-26-5-2-3-7-28(26)29)20-27-18-34-23-38(27)19-25-11-9-24(17-33)10-12-25/h2-12,18,21-23H,13-16,19-20H2,1H3. The number of hydrogen-bond donors (Lipinski definition) is 0. The maximum absolute atomic E-state index is 13.9. The molecule has 1 aliphatic heterocycles. The lowest BCUT2D eigenvalue weighted by molar-refractivity contribution is 0.0665. The van der Waals surface area contributed by atoms with E-state index in [1.165, 1.54) is 0 Å². The Labute approximate surface area is 228 Å². The number of likely N-dealkylation sites (N-methyl/N-ethyl adjacent to an activating group) is 1. The van der Waals surface area contributed by atoms with Gasteiger partial charge in [-0.3, -0.25) is 4.79 Å². The minimum atomic E-state index is 0.0795. The van der Waals surface area contributed by atoms with Crippen LogP contribution in [0.3, 0.4) is 0 Å². The van der Waals surface area contributed by atoms with Gasteiger partial charge in [0.2, 0.25) is 0 Å². The highest BCUT2D eigenvalue weighted by Crippen LogP contribution is 2.33. The maximum Gasteiger partial charge on any atom is 0.256 e. The van der Waals surface area contributed by atoms with Crippen molar-refractivity contribution in [2.45, 2.75) is 13.1 Å². The zero-order valence-corrected chi connectivity index (χ0v) is 22.0. The summed E-state index contributed by atoms with van der Waals surface area (Å²) in [5.74, 6) is 0.0795. The van der Waals surface area contributed by atoms with Crippen LogP contribution in [0, 0.1) is 11.3 Å². The number of carbonyl (C=O) groups is 1. The number of imidazole rings is 1. The number of piperazine rings is 1. The summed E-state index contributed by atoms with van der Waals surface area (Å²) in [6.45, 7) is 4.46. The monoisotopic (exact) mass is 514 g/mol. The number of amides is 1. The van der Waals surface area contributed by atoms with Crippen molar-refractivity contribution in [1.29, 1.82) is 5.26 Å². The average Bonchev–Trinajstić information content (AvgIpc) is 3.60. The van der Waals surface area contributed by atoms with E-state index in [1.807, 2.05) is 60.0 Å². The maximum atomic E-state index is 13.9. The molecule has 0 saturated carbocycles. The summed E-state index contributed by atoms with van der Waals surface area (Å²) in [4.78, 5) is 22.5. The highest BCUT2D eigenvalue weighted by molar-refractivity contribution is 6.06. The van der Waals surface area contributed by atoms with E-state index in [-0.39, 0.29) is 5.91 Å². The minimum Gasteiger partial charge on any atom is -0.347 e. The molecule has 1 fully saturated rings. The third kappa shape index (κ3) is 5.07. The van der Waals surface area contributed by atoms with Crippen molar-refractivity contribution in [3.63, 3.8) is 0 Å². The van der Waals surface area contributed by atoms with Crippen LogP contribution in [0.25, 0.3) is 21.9 Å². The number of carbonyl (C=O) groups excluding carboxylic acids is 1. The van der Waals surface area contributed by atoms with Crippen LogP contribution in [0.15, 0.2) is 91.6 Å². The predicted molar refractivity (Wildman–Crippen MR) is 152 cm³/mol. The van der Waals surface area contributed by atoms with Crippen LogP contribution in [0.5, 0.6) is 0 Å². The summed E-state index contributed by atoms with van der Waals surface area (Å²) in [6.07, 6.45) is 7.81. The van der Waals surface area contributed by atoms with Gasteiger partial charge in [0.05, 0.1) is 35.8 Å². The first-order valence-electron chi connectivity index (χ1n) is 13.2. The normalized spacial score (nSPS) is 14.0. The second-order valence-electron chi connectivity index (χ2n) is 10.2. The molecule has 3 heterocycles. The van der Waals surface area contributed by atoms with Crippen LogP contribution in [0.1, 0.15) is 27.2 Å². The minimum absolute atomic E-state index is 0.0795. The smallest absolute Gasteiger partial charge is 0.256 e. The molecule has 0 radical (unpaired) electrons. The molecule has 0 bridgehead atoms. The lowest BCUT2D eigenvalue weighted by atomic mass is 9.97. The molecule has 6 rings (SSSR count). The molecule has 3 aromatic carbocycles. The number of rotatable bonds is 6. The molecule has 0 spiro atoms. The molecule has 2 aromatic heterocycles. The molecule has 0 unspecified atom stereocenters. The van der Waals surface area contributed by atoms with Crippen LogP contribution >= 0.6 is 0 Å². The SMILES string of the molecule is CN1CCN(C(=O)c2cn(Cc3cncn3Cc3ccc(C#N)cc3)cc2-c2cccc3ccccc23)CC1. The first kappa shape index (κ1) is 24.7. The van der Waals surface area contributed by atoms with E-state index in [1.54, 1.807) is 0 Å². The number of nitriles is 1. The van der Waals surface area contributed by atoms with Crippen LogP contribution in [0.2, 0.25) is 0 Å². The molecular formula is C32H30N6O. The van der Waals surface area contributed by atoms with E-state index in [0.29, 0.717) is 18.7 Å². The van der Waals surface area contributed by atoms with Gasteiger partial charge in [0.15, 0.2) is 0 Å². The van der Waals surface area contributed by atoms with Crippen molar-refractivity contribution in [2.75, 3.05) is 33.2 Å². The van der Waals surface area contributed by atoms with Gasteiger partial charge in [-0.1, -0.05) is 54.6 Å². The highest BCUT2D eigenvalue weighted by atomic mass is 16.2. The van der Waals surface area contributed by atoms with Gasteiger partial charge in [0, 0.05) is 56.9 Å². The van der Waals surface area contributed by atoms with Crippen LogP contribution in [-0.4, -0.2) is 63.1 Å². The van der Waals surface area contributed by atoms with E-state index < -0.39 is 0 Å². The van der Waals surface area contributed by atoms with Gasteiger partial charge in [-0.2, -0.15) is 5.26 Å². The van der Waals surface area contributed by atoms with Crippen molar-refractivity contribution < 1.29 is 4.79 Å². The van der Waals surface area contributed by atoms with Crippen molar-refractivity contribution >= 4 is 16.7 Å². The van der Waals surface area contributed by atoms with Gasteiger partial charge < -0.3 is 18.9 Å². The van der Waals surface area contributed by atoms with Crippen molar-refractivity contribution in [3.8, 4) is 17.2 Å². The molecule has 0 atom stereocenters. The molecule has 0 N–H and O–H groups in total. The summed E-state index contributed by atoms with van der Waals surface area (Å²) in [5.41, 5.74) is 5.54. The third-order valence-corrected chi connectivity index (χ3v) is 7.56. The van der Waals surface area contributed by atoms with Gasteiger partial charge in [-0.05, 0) is 41.1 Å². The Morgan fingerprint density at radius 1 is 0.897 bits per heavy atom. The van der Waals surface area contributed by atoms with Gasteiger partial charge in [0.1, 0.15) is 0 Å². The van der Waals surface area contributed by atoms with Crippen LogP contribution < -0.4 is 0 Å². The number of fused-ring (bicyclic) bond motifs is 1. The zero-order valence-electron chi connectivity index (χ0n) is 22.0. The Bertz CT molecular complexity index is 1660. The summed E-state index contributed by atoms with van der Waals surface area (Å²) in [6, 6.07) is 24.4. The van der Waals surface area contributed by atoms with E-state index >= 15 is 0 Å². The molecule has 1 aliphatic rings. The Balaban J connectivity index is 1.35. The van der Waals surface area contributed by atoms with Gasteiger partial charge in [-0.15, -0.1) is 0 Å². The first-order chi connectivity index (χ1) is 19.1. The zero-order chi connectivity index (χ0) is 26.8. The molecule has 0 aliphatic carbocycles. The summed E-state index contributed by atoms with van der Waals surface area (Å²) in [7, 11) is 2.10.